The van der Waals surface area contributed by atoms with Gasteiger partial charge in [-0.05, 0) is 43.7 Å². The van der Waals surface area contributed by atoms with E-state index in [0.29, 0.717) is 12.2 Å². The summed E-state index contributed by atoms with van der Waals surface area (Å²) in [7, 11) is 0. The molecule has 120 valence electrons. The Morgan fingerprint density at radius 3 is 2.68 bits per heavy atom. The van der Waals surface area contributed by atoms with Gasteiger partial charge in [0.05, 0.1) is 6.61 Å². The third kappa shape index (κ3) is 5.15. The van der Waals surface area contributed by atoms with Crippen LogP contribution in [0.2, 0.25) is 0 Å². The number of carbonyl (C=O) groups is 2. The molecule has 0 bridgehead atoms. The van der Waals surface area contributed by atoms with Crippen LogP contribution in [-0.2, 0) is 4.79 Å². The maximum absolute atomic E-state index is 12.1. The summed E-state index contributed by atoms with van der Waals surface area (Å²) in [6, 6.07) is 7.32. The van der Waals surface area contributed by atoms with Gasteiger partial charge in [-0.2, -0.15) is 0 Å². The van der Waals surface area contributed by atoms with Crippen molar-refractivity contribution in [3.63, 3.8) is 0 Å². The number of ketones is 1. The fourth-order valence-corrected chi connectivity index (χ4v) is 2.41. The molecule has 5 nitrogen and oxygen atoms in total. The summed E-state index contributed by atoms with van der Waals surface area (Å²) in [6.45, 7) is 4.48. The largest absolute Gasteiger partial charge is 0.494 e. The molecular weight excluding hydrogens is 280 g/mol. The fraction of sp³-hybridized carbons (Fsp3) is 0.529. The maximum atomic E-state index is 12.1. The SMILES string of the molecule is CCCOc1ccc(C(=O)CCC(=O)NC2CCNC2)cc1. The number of carbonyl (C=O) groups excluding carboxylic acids is 2. The smallest absolute Gasteiger partial charge is 0.220 e. The van der Waals surface area contributed by atoms with Crippen molar-refractivity contribution in [1.29, 1.82) is 0 Å². The van der Waals surface area contributed by atoms with E-state index in [4.69, 9.17) is 4.74 Å². The highest BCUT2D eigenvalue weighted by atomic mass is 16.5. The zero-order valence-electron chi connectivity index (χ0n) is 13.1. The number of amides is 1. The van der Waals surface area contributed by atoms with Gasteiger partial charge in [-0.15, -0.1) is 0 Å². The van der Waals surface area contributed by atoms with Crippen molar-refractivity contribution in [2.24, 2.45) is 0 Å². The number of benzene rings is 1. The molecule has 1 heterocycles. The predicted octanol–water partition coefficient (Wildman–Crippen LogP) is 1.92. The lowest BCUT2D eigenvalue weighted by Gasteiger charge is -2.11. The first-order valence-electron chi connectivity index (χ1n) is 7.95. The summed E-state index contributed by atoms with van der Waals surface area (Å²) in [4.78, 5) is 23.9. The van der Waals surface area contributed by atoms with Gasteiger partial charge in [-0.3, -0.25) is 9.59 Å². The molecule has 1 aliphatic heterocycles. The van der Waals surface area contributed by atoms with Gasteiger partial charge in [-0.25, -0.2) is 0 Å². The van der Waals surface area contributed by atoms with Gasteiger partial charge in [0.15, 0.2) is 5.78 Å². The van der Waals surface area contributed by atoms with Crippen LogP contribution in [-0.4, -0.2) is 37.4 Å². The Morgan fingerprint density at radius 2 is 2.05 bits per heavy atom. The van der Waals surface area contributed by atoms with E-state index in [-0.39, 0.29) is 30.6 Å². The highest BCUT2D eigenvalue weighted by molar-refractivity contribution is 5.98. The van der Waals surface area contributed by atoms with Crippen molar-refractivity contribution in [3.05, 3.63) is 29.8 Å². The molecule has 1 amide bonds. The van der Waals surface area contributed by atoms with Gasteiger partial charge >= 0.3 is 0 Å². The third-order valence-corrected chi connectivity index (χ3v) is 3.65. The molecule has 1 aromatic rings. The summed E-state index contributed by atoms with van der Waals surface area (Å²) in [5.74, 6) is 0.705. The molecule has 1 saturated heterocycles. The molecule has 0 spiro atoms. The molecule has 1 atom stereocenters. The Morgan fingerprint density at radius 1 is 1.27 bits per heavy atom. The summed E-state index contributed by atoms with van der Waals surface area (Å²) in [5.41, 5.74) is 0.624. The topological polar surface area (TPSA) is 67.4 Å². The predicted molar refractivity (Wildman–Crippen MR) is 85.2 cm³/mol. The molecule has 0 aliphatic carbocycles. The van der Waals surface area contributed by atoms with E-state index in [1.165, 1.54) is 0 Å². The molecule has 0 radical (unpaired) electrons. The summed E-state index contributed by atoms with van der Waals surface area (Å²) in [5, 5.41) is 6.14. The number of nitrogens with one attached hydrogen (secondary N) is 2. The minimum Gasteiger partial charge on any atom is -0.494 e. The normalized spacial score (nSPS) is 17.2. The van der Waals surface area contributed by atoms with Gasteiger partial charge in [0.25, 0.3) is 0 Å². The lowest BCUT2D eigenvalue weighted by Crippen LogP contribution is -2.36. The van der Waals surface area contributed by atoms with Gasteiger partial charge < -0.3 is 15.4 Å². The summed E-state index contributed by atoms with van der Waals surface area (Å²) >= 11 is 0. The second-order valence-corrected chi connectivity index (χ2v) is 5.55. The van der Waals surface area contributed by atoms with Crippen molar-refractivity contribution in [1.82, 2.24) is 10.6 Å². The van der Waals surface area contributed by atoms with Crippen LogP contribution in [0.15, 0.2) is 24.3 Å². The average molecular weight is 304 g/mol. The van der Waals surface area contributed by atoms with Crippen molar-refractivity contribution >= 4 is 11.7 Å². The molecule has 0 saturated carbocycles. The number of ether oxygens (including phenoxy) is 1. The van der Waals surface area contributed by atoms with Crippen LogP contribution in [0.3, 0.4) is 0 Å². The van der Waals surface area contributed by atoms with Crippen LogP contribution < -0.4 is 15.4 Å². The first-order chi connectivity index (χ1) is 10.7. The monoisotopic (exact) mass is 304 g/mol. The zero-order chi connectivity index (χ0) is 15.8. The number of hydrogen-bond acceptors (Lipinski definition) is 4. The van der Waals surface area contributed by atoms with E-state index in [1.54, 1.807) is 24.3 Å². The van der Waals surface area contributed by atoms with E-state index in [9.17, 15) is 9.59 Å². The fourth-order valence-electron chi connectivity index (χ4n) is 2.41. The number of Topliss-reactive ketones (excluding diaryl/α,β-unsaturated/α-hetero) is 1. The second kappa shape index (κ2) is 8.54. The molecule has 5 heteroatoms. The first-order valence-corrected chi connectivity index (χ1v) is 7.95. The average Bonchev–Trinajstić information content (AvgIpc) is 3.04. The quantitative estimate of drug-likeness (QED) is 0.720. The lowest BCUT2D eigenvalue weighted by atomic mass is 10.1. The third-order valence-electron chi connectivity index (χ3n) is 3.65. The standard InChI is InChI=1S/C17H24N2O3/c1-2-11-22-15-5-3-13(4-6-15)16(20)7-8-17(21)19-14-9-10-18-12-14/h3-6,14,18H,2,7-12H2,1H3,(H,19,21). The number of hydrogen-bond donors (Lipinski definition) is 2. The van der Waals surface area contributed by atoms with E-state index < -0.39 is 0 Å². The van der Waals surface area contributed by atoms with Crippen molar-refractivity contribution in [2.45, 2.75) is 38.6 Å². The Hall–Kier alpha value is -1.88. The molecular formula is C17H24N2O3. The first kappa shape index (κ1) is 16.5. The van der Waals surface area contributed by atoms with E-state index in [1.807, 2.05) is 6.92 Å². The summed E-state index contributed by atoms with van der Waals surface area (Å²) < 4.78 is 5.48. The van der Waals surface area contributed by atoms with Crippen molar-refractivity contribution in [3.8, 4) is 5.75 Å². The number of rotatable bonds is 8. The van der Waals surface area contributed by atoms with E-state index in [2.05, 4.69) is 10.6 Å². The van der Waals surface area contributed by atoms with Crippen molar-refractivity contribution in [2.75, 3.05) is 19.7 Å². The van der Waals surface area contributed by atoms with Crippen LogP contribution in [0.25, 0.3) is 0 Å². The molecule has 0 aromatic heterocycles. The molecule has 22 heavy (non-hydrogen) atoms. The van der Waals surface area contributed by atoms with Crippen LogP contribution in [0.1, 0.15) is 43.0 Å². The van der Waals surface area contributed by atoms with Gasteiger partial charge in [0.1, 0.15) is 5.75 Å². The van der Waals surface area contributed by atoms with Gasteiger partial charge in [0, 0.05) is 31.0 Å². The molecule has 1 aromatic carbocycles. The minimum atomic E-state index is -0.0510. The molecule has 1 unspecified atom stereocenters. The second-order valence-electron chi connectivity index (χ2n) is 5.55. The maximum Gasteiger partial charge on any atom is 0.220 e. The van der Waals surface area contributed by atoms with E-state index in [0.717, 1.165) is 31.7 Å². The Kier molecular flexibility index (Phi) is 6.40. The van der Waals surface area contributed by atoms with Crippen LogP contribution >= 0.6 is 0 Å². The lowest BCUT2D eigenvalue weighted by molar-refractivity contribution is -0.121. The summed E-state index contributed by atoms with van der Waals surface area (Å²) in [6.07, 6.45) is 2.38. The molecule has 2 N–H and O–H groups in total. The molecule has 1 fully saturated rings. The Balaban J connectivity index is 1.75. The Labute approximate surface area is 131 Å². The highest BCUT2D eigenvalue weighted by Gasteiger charge is 2.17. The molecule has 1 aliphatic rings. The van der Waals surface area contributed by atoms with Crippen LogP contribution in [0.4, 0.5) is 0 Å². The Bertz CT molecular complexity index is 493. The zero-order valence-corrected chi connectivity index (χ0v) is 13.1. The van der Waals surface area contributed by atoms with E-state index >= 15 is 0 Å². The van der Waals surface area contributed by atoms with Gasteiger partial charge in [0.2, 0.25) is 5.91 Å². The van der Waals surface area contributed by atoms with Gasteiger partial charge in [-0.1, -0.05) is 6.92 Å². The molecule has 2 rings (SSSR count). The minimum absolute atomic E-state index is 0.0123. The highest BCUT2D eigenvalue weighted by Crippen LogP contribution is 2.14. The van der Waals surface area contributed by atoms with Crippen LogP contribution in [0.5, 0.6) is 5.75 Å². The van der Waals surface area contributed by atoms with Crippen molar-refractivity contribution < 1.29 is 14.3 Å². The van der Waals surface area contributed by atoms with Crippen LogP contribution in [0, 0.1) is 0 Å².